The molecule has 2 heterocycles. The molecule has 0 bridgehead atoms. The number of aromatic nitrogens is 1. The molecule has 3 rings (SSSR count). The fourth-order valence-electron chi connectivity index (χ4n) is 2.73. The lowest BCUT2D eigenvalue weighted by Crippen LogP contribution is -2.37. The minimum Gasteiger partial charge on any atom is -0.378 e. The van der Waals surface area contributed by atoms with E-state index >= 15 is 0 Å². The zero-order chi connectivity index (χ0) is 17.3. The summed E-state index contributed by atoms with van der Waals surface area (Å²) >= 11 is 0. The van der Waals surface area contributed by atoms with Gasteiger partial charge in [-0.1, -0.05) is 18.2 Å². The van der Waals surface area contributed by atoms with Crippen LogP contribution < -0.4 is 15.5 Å². The molecule has 7 heteroatoms. The molecule has 0 aliphatic carbocycles. The molecule has 0 saturated carbocycles. The predicted octanol–water partition coefficient (Wildman–Crippen LogP) is 2.40. The van der Waals surface area contributed by atoms with Gasteiger partial charge in [0, 0.05) is 38.6 Å². The summed E-state index contributed by atoms with van der Waals surface area (Å²) in [5, 5.41) is 6.61. The van der Waals surface area contributed by atoms with Crippen LogP contribution in [0.5, 0.6) is 0 Å². The van der Waals surface area contributed by atoms with Gasteiger partial charge in [-0.3, -0.25) is 9.98 Å². The van der Waals surface area contributed by atoms with E-state index in [1.54, 1.807) is 13.2 Å². The number of hydrogen-bond donors (Lipinski definition) is 2. The van der Waals surface area contributed by atoms with Gasteiger partial charge in [0.25, 0.3) is 0 Å². The Bertz CT molecular complexity index is 672. The lowest BCUT2D eigenvalue weighted by molar-refractivity contribution is 0.122. The van der Waals surface area contributed by atoms with Crippen molar-refractivity contribution in [2.24, 2.45) is 4.99 Å². The first kappa shape index (κ1) is 20.4. The van der Waals surface area contributed by atoms with Crippen molar-refractivity contribution in [2.45, 2.75) is 13.1 Å². The topological polar surface area (TPSA) is 61.8 Å². The van der Waals surface area contributed by atoms with Crippen LogP contribution in [-0.4, -0.2) is 44.3 Å². The Balaban J connectivity index is 0.00000243. The van der Waals surface area contributed by atoms with Gasteiger partial charge in [0.1, 0.15) is 0 Å². The molecule has 0 atom stereocenters. The number of pyridine rings is 1. The number of aliphatic imine (C=N–C) groups is 1. The predicted molar refractivity (Wildman–Crippen MR) is 116 cm³/mol. The van der Waals surface area contributed by atoms with Gasteiger partial charge >= 0.3 is 0 Å². The average molecular weight is 467 g/mol. The number of morpholine rings is 1. The molecule has 26 heavy (non-hydrogen) atoms. The van der Waals surface area contributed by atoms with Gasteiger partial charge in [-0.15, -0.1) is 24.0 Å². The first-order valence-electron chi connectivity index (χ1n) is 8.61. The highest BCUT2D eigenvalue weighted by Crippen LogP contribution is 2.16. The number of ether oxygens (including phenoxy) is 1. The summed E-state index contributed by atoms with van der Waals surface area (Å²) in [6.45, 7) is 4.91. The summed E-state index contributed by atoms with van der Waals surface area (Å²) in [6.07, 6.45) is 1.79. The van der Waals surface area contributed by atoms with E-state index in [0.717, 1.165) is 44.5 Å². The van der Waals surface area contributed by atoms with Crippen LogP contribution >= 0.6 is 24.0 Å². The number of rotatable bonds is 5. The summed E-state index contributed by atoms with van der Waals surface area (Å²) in [5.74, 6) is 0.767. The second-order valence-electron chi connectivity index (χ2n) is 5.87. The fourth-order valence-corrected chi connectivity index (χ4v) is 2.73. The van der Waals surface area contributed by atoms with Gasteiger partial charge in [-0.05, 0) is 29.8 Å². The zero-order valence-corrected chi connectivity index (χ0v) is 17.3. The fraction of sp³-hybridized carbons (Fsp3) is 0.368. The number of nitrogens with one attached hydrogen (secondary N) is 2. The van der Waals surface area contributed by atoms with E-state index in [0.29, 0.717) is 6.54 Å². The van der Waals surface area contributed by atoms with E-state index < -0.39 is 0 Å². The standard InChI is InChI=1S/C19H25N5O.HI/c1-20-19(23-15-17-4-2-3-9-21-17)22-14-16-5-7-18(8-6-16)24-10-12-25-13-11-24;/h2-9H,10-15H2,1H3,(H2,20,22,23);1H. The van der Waals surface area contributed by atoms with Gasteiger partial charge in [0.15, 0.2) is 5.96 Å². The third-order valence-corrected chi connectivity index (χ3v) is 4.16. The van der Waals surface area contributed by atoms with E-state index in [9.17, 15) is 0 Å². The quantitative estimate of drug-likeness (QED) is 0.402. The summed E-state index contributed by atoms with van der Waals surface area (Å²) in [4.78, 5) is 10.9. The van der Waals surface area contributed by atoms with Crippen LogP contribution in [0.25, 0.3) is 0 Å². The molecular formula is C19H26IN5O. The van der Waals surface area contributed by atoms with Gasteiger partial charge in [0.2, 0.25) is 0 Å². The molecule has 1 saturated heterocycles. The Hall–Kier alpha value is -1.87. The minimum atomic E-state index is 0. The molecule has 1 aromatic carbocycles. The van der Waals surface area contributed by atoms with Crippen molar-refractivity contribution < 1.29 is 4.74 Å². The molecule has 0 unspecified atom stereocenters. The largest absolute Gasteiger partial charge is 0.378 e. The van der Waals surface area contributed by atoms with E-state index in [4.69, 9.17) is 4.74 Å². The monoisotopic (exact) mass is 467 g/mol. The van der Waals surface area contributed by atoms with Crippen molar-refractivity contribution in [3.63, 3.8) is 0 Å². The highest BCUT2D eigenvalue weighted by molar-refractivity contribution is 14.0. The van der Waals surface area contributed by atoms with Crippen molar-refractivity contribution in [3.05, 3.63) is 59.9 Å². The SMILES string of the molecule is CN=C(NCc1ccc(N2CCOCC2)cc1)NCc1ccccn1.I. The molecule has 6 nitrogen and oxygen atoms in total. The van der Waals surface area contributed by atoms with Crippen molar-refractivity contribution in [3.8, 4) is 0 Å². The molecule has 2 aromatic rings. The Kier molecular flexibility index (Phi) is 8.63. The van der Waals surface area contributed by atoms with Crippen LogP contribution in [0.1, 0.15) is 11.3 Å². The number of anilines is 1. The molecule has 1 aliphatic rings. The smallest absolute Gasteiger partial charge is 0.191 e. The second-order valence-corrected chi connectivity index (χ2v) is 5.87. The molecule has 0 amide bonds. The normalized spacial score (nSPS) is 14.5. The van der Waals surface area contributed by atoms with Crippen LogP contribution in [0.3, 0.4) is 0 Å². The summed E-state index contributed by atoms with van der Waals surface area (Å²) in [6, 6.07) is 14.5. The third kappa shape index (κ3) is 6.14. The number of halogens is 1. The average Bonchev–Trinajstić information content (AvgIpc) is 2.70. The molecule has 0 radical (unpaired) electrons. The van der Waals surface area contributed by atoms with E-state index in [-0.39, 0.29) is 24.0 Å². The molecule has 1 aromatic heterocycles. The zero-order valence-electron chi connectivity index (χ0n) is 15.0. The van der Waals surface area contributed by atoms with Crippen molar-refractivity contribution >= 4 is 35.6 Å². The molecule has 1 fully saturated rings. The maximum atomic E-state index is 5.40. The lowest BCUT2D eigenvalue weighted by Gasteiger charge is -2.28. The Morgan fingerprint density at radius 1 is 1.08 bits per heavy atom. The number of nitrogens with zero attached hydrogens (tertiary/aromatic N) is 3. The molecule has 0 spiro atoms. The number of hydrogen-bond acceptors (Lipinski definition) is 4. The van der Waals surface area contributed by atoms with Crippen LogP contribution in [-0.2, 0) is 17.8 Å². The Labute approximate surface area is 172 Å². The third-order valence-electron chi connectivity index (χ3n) is 4.16. The van der Waals surface area contributed by atoms with Gasteiger partial charge in [0.05, 0.1) is 25.5 Å². The number of benzene rings is 1. The van der Waals surface area contributed by atoms with Gasteiger partial charge in [-0.25, -0.2) is 0 Å². The molecule has 1 aliphatic heterocycles. The molecule has 140 valence electrons. The van der Waals surface area contributed by atoms with Crippen LogP contribution in [0.2, 0.25) is 0 Å². The van der Waals surface area contributed by atoms with Crippen molar-refractivity contribution in [2.75, 3.05) is 38.3 Å². The maximum absolute atomic E-state index is 5.40. The maximum Gasteiger partial charge on any atom is 0.191 e. The first-order chi connectivity index (χ1) is 12.3. The van der Waals surface area contributed by atoms with Gasteiger partial charge < -0.3 is 20.3 Å². The summed E-state index contributed by atoms with van der Waals surface area (Å²) in [5.41, 5.74) is 3.46. The number of guanidine groups is 1. The Morgan fingerprint density at radius 2 is 1.81 bits per heavy atom. The first-order valence-corrected chi connectivity index (χ1v) is 8.61. The molecule has 2 N–H and O–H groups in total. The van der Waals surface area contributed by atoms with E-state index in [1.165, 1.54) is 11.3 Å². The van der Waals surface area contributed by atoms with Crippen LogP contribution in [0.15, 0.2) is 53.7 Å². The van der Waals surface area contributed by atoms with Gasteiger partial charge in [-0.2, -0.15) is 0 Å². The minimum absolute atomic E-state index is 0. The summed E-state index contributed by atoms with van der Waals surface area (Å²) in [7, 11) is 1.77. The van der Waals surface area contributed by atoms with Crippen LogP contribution in [0, 0.1) is 0 Å². The second kappa shape index (κ2) is 11.0. The van der Waals surface area contributed by atoms with E-state index in [1.807, 2.05) is 18.2 Å². The van der Waals surface area contributed by atoms with Crippen LogP contribution in [0.4, 0.5) is 5.69 Å². The highest BCUT2D eigenvalue weighted by atomic mass is 127. The Morgan fingerprint density at radius 3 is 2.46 bits per heavy atom. The van der Waals surface area contributed by atoms with Crippen molar-refractivity contribution in [1.82, 2.24) is 15.6 Å². The highest BCUT2D eigenvalue weighted by Gasteiger charge is 2.10. The molecular weight excluding hydrogens is 441 g/mol. The summed E-state index contributed by atoms with van der Waals surface area (Å²) < 4.78 is 5.40. The lowest BCUT2D eigenvalue weighted by atomic mass is 10.2. The van der Waals surface area contributed by atoms with Crippen molar-refractivity contribution in [1.29, 1.82) is 0 Å². The van der Waals surface area contributed by atoms with E-state index in [2.05, 4.69) is 49.8 Å².